The van der Waals surface area contributed by atoms with E-state index in [1.54, 1.807) is 48.5 Å². The number of carboxylic acids is 1. The zero-order valence-electron chi connectivity index (χ0n) is 17.0. The number of carboxylic acid groups (broad SMARTS) is 1. The smallest absolute Gasteiger partial charge is 0.335 e. The average Bonchev–Trinajstić information content (AvgIpc) is 2.73. The molecule has 0 radical (unpaired) electrons. The lowest BCUT2D eigenvalue weighted by atomic mass is 10.0. The van der Waals surface area contributed by atoms with Crippen LogP contribution in [-0.4, -0.2) is 19.5 Å². The molecule has 0 aliphatic carbocycles. The number of anilines is 1. The van der Waals surface area contributed by atoms with Gasteiger partial charge in [0.2, 0.25) is 0 Å². The molecular formula is C24H25NO4S. The Morgan fingerprint density at radius 3 is 2.13 bits per heavy atom. The van der Waals surface area contributed by atoms with Crippen LogP contribution in [0, 0.1) is 0 Å². The van der Waals surface area contributed by atoms with Gasteiger partial charge in [0.05, 0.1) is 16.1 Å². The van der Waals surface area contributed by atoms with E-state index in [-0.39, 0.29) is 10.5 Å². The summed E-state index contributed by atoms with van der Waals surface area (Å²) in [6.45, 7) is 4.13. The molecule has 0 saturated carbocycles. The third-order valence-electron chi connectivity index (χ3n) is 5.00. The summed E-state index contributed by atoms with van der Waals surface area (Å²) in [4.78, 5) is 11.2. The molecule has 0 atom stereocenters. The van der Waals surface area contributed by atoms with Crippen molar-refractivity contribution in [2.24, 2.45) is 0 Å². The van der Waals surface area contributed by atoms with Gasteiger partial charge in [-0.05, 0) is 65.8 Å². The van der Waals surface area contributed by atoms with Gasteiger partial charge in [0.15, 0.2) is 0 Å². The number of hydrogen-bond acceptors (Lipinski definition) is 3. The first-order chi connectivity index (χ1) is 14.3. The van der Waals surface area contributed by atoms with Crippen LogP contribution >= 0.6 is 0 Å². The molecule has 2 N–H and O–H groups in total. The lowest BCUT2D eigenvalue weighted by Crippen LogP contribution is -2.14. The minimum atomic E-state index is -3.69. The Bertz CT molecular complexity index is 1120. The molecule has 0 aliphatic heterocycles. The minimum absolute atomic E-state index is 0.228. The van der Waals surface area contributed by atoms with E-state index in [0.717, 1.165) is 16.7 Å². The Balaban J connectivity index is 1.75. The lowest BCUT2D eigenvalue weighted by Gasteiger charge is -2.13. The third kappa shape index (κ3) is 5.27. The van der Waals surface area contributed by atoms with E-state index < -0.39 is 16.0 Å². The van der Waals surface area contributed by atoms with Crippen LogP contribution in [0.15, 0.2) is 77.7 Å². The van der Waals surface area contributed by atoms with Crippen molar-refractivity contribution < 1.29 is 18.3 Å². The molecule has 3 aromatic rings. The Kier molecular flexibility index (Phi) is 6.57. The molecule has 0 unspecified atom stereocenters. The summed E-state index contributed by atoms with van der Waals surface area (Å²) in [6, 6.07) is 21.0. The highest BCUT2D eigenvalue weighted by molar-refractivity contribution is 7.92. The van der Waals surface area contributed by atoms with E-state index in [9.17, 15) is 13.2 Å². The quantitative estimate of drug-likeness (QED) is 0.528. The van der Waals surface area contributed by atoms with Crippen LogP contribution < -0.4 is 4.72 Å². The van der Waals surface area contributed by atoms with Crippen molar-refractivity contribution >= 4 is 21.7 Å². The first kappa shape index (κ1) is 21.6. The predicted octanol–water partition coefficient (Wildman–Crippen LogP) is 5.09. The number of aromatic carboxylic acids is 1. The molecule has 0 amide bonds. The zero-order chi connectivity index (χ0) is 21.7. The van der Waals surface area contributed by atoms with Gasteiger partial charge in [0, 0.05) is 0 Å². The van der Waals surface area contributed by atoms with Gasteiger partial charge < -0.3 is 5.11 Å². The SMILES string of the molecule is CC(C)c1ccc(S(=O)(=O)Nc2ccccc2CCc2ccc(C(=O)O)cc2)cc1. The van der Waals surface area contributed by atoms with Crippen molar-refractivity contribution in [1.29, 1.82) is 0 Å². The number of nitrogens with one attached hydrogen (secondary N) is 1. The largest absolute Gasteiger partial charge is 0.478 e. The number of carbonyl (C=O) groups is 1. The van der Waals surface area contributed by atoms with Gasteiger partial charge in [-0.3, -0.25) is 4.72 Å². The first-order valence-corrected chi connectivity index (χ1v) is 11.3. The first-order valence-electron chi connectivity index (χ1n) is 9.79. The fourth-order valence-electron chi connectivity index (χ4n) is 3.17. The molecule has 30 heavy (non-hydrogen) atoms. The summed E-state index contributed by atoms with van der Waals surface area (Å²) in [5.74, 6) is -0.622. The average molecular weight is 424 g/mol. The van der Waals surface area contributed by atoms with Gasteiger partial charge in [-0.1, -0.05) is 56.3 Å². The van der Waals surface area contributed by atoms with E-state index in [1.165, 1.54) is 0 Å². The van der Waals surface area contributed by atoms with Crippen molar-refractivity contribution in [3.8, 4) is 0 Å². The Labute approximate surface area is 177 Å². The van der Waals surface area contributed by atoms with E-state index in [1.807, 2.05) is 24.3 Å². The standard InChI is InChI=1S/C24H25NO4S/c1-17(2)19-13-15-22(16-14-19)30(28,29)25-23-6-4-3-5-20(23)10-7-18-8-11-21(12-9-18)24(26)27/h3-6,8-9,11-17,25H,7,10H2,1-2H3,(H,26,27). The summed E-state index contributed by atoms with van der Waals surface area (Å²) in [5, 5.41) is 9.00. The molecule has 6 heteroatoms. The topological polar surface area (TPSA) is 83.5 Å². The van der Waals surface area contributed by atoms with Gasteiger partial charge in [0.25, 0.3) is 10.0 Å². The molecule has 0 aliphatic rings. The second kappa shape index (κ2) is 9.13. The van der Waals surface area contributed by atoms with Crippen LogP contribution in [0.2, 0.25) is 0 Å². The summed E-state index contributed by atoms with van der Waals surface area (Å²) >= 11 is 0. The molecule has 0 spiro atoms. The summed E-state index contributed by atoms with van der Waals surface area (Å²) in [7, 11) is -3.69. The van der Waals surface area contributed by atoms with E-state index in [2.05, 4.69) is 18.6 Å². The van der Waals surface area contributed by atoms with Crippen molar-refractivity contribution in [1.82, 2.24) is 0 Å². The molecule has 156 valence electrons. The van der Waals surface area contributed by atoms with E-state index in [0.29, 0.717) is 24.4 Å². The number of sulfonamides is 1. The summed E-state index contributed by atoms with van der Waals surface area (Å²) < 4.78 is 28.4. The van der Waals surface area contributed by atoms with Crippen LogP contribution in [0.4, 0.5) is 5.69 Å². The maximum atomic E-state index is 12.8. The number of rotatable bonds is 8. The third-order valence-corrected chi connectivity index (χ3v) is 6.38. The van der Waals surface area contributed by atoms with Crippen LogP contribution in [-0.2, 0) is 22.9 Å². The van der Waals surface area contributed by atoms with Crippen molar-refractivity contribution in [3.63, 3.8) is 0 Å². The predicted molar refractivity (Wildman–Crippen MR) is 119 cm³/mol. The number of benzene rings is 3. The maximum absolute atomic E-state index is 12.8. The van der Waals surface area contributed by atoms with Crippen LogP contribution in [0.5, 0.6) is 0 Å². The molecule has 0 bridgehead atoms. The minimum Gasteiger partial charge on any atom is -0.478 e. The molecule has 0 saturated heterocycles. The van der Waals surface area contributed by atoms with Crippen LogP contribution in [0.25, 0.3) is 0 Å². The monoisotopic (exact) mass is 423 g/mol. The van der Waals surface area contributed by atoms with Crippen LogP contribution in [0.3, 0.4) is 0 Å². The van der Waals surface area contributed by atoms with Crippen molar-refractivity contribution in [3.05, 3.63) is 95.1 Å². The van der Waals surface area contributed by atoms with E-state index in [4.69, 9.17) is 5.11 Å². The normalized spacial score (nSPS) is 11.4. The Morgan fingerprint density at radius 1 is 0.900 bits per heavy atom. The molecule has 0 fully saturated rings. The highest BCUT2D eigenvalue weighted by atomic mass is 32.2. The van der Waals surface area contributed by atoms with Gasteiger partial charge in [0.1, 0.15) is 0 Å². The molecular weight excluding hydrogens is 398 g/mol. The van der Waals surface area contributed by atoms with Crippen molar-refractivity contribution in [2.45, 2.75) is 37.5 Å². The molecule has 3 aromatic carbocycles. The Morgan fingerprint density at radius 2 is 1.53 bits per heavy atom. The molecule has 0 aromatic heterocycles. The second-order valence-electron chi connectivity index (χ2n) is 7.49. The lowest BCUT2D eigenvalue weighted by molar-refractivity contribution is 0.0697. The van der Waals surface area contributed by atoms with Gasteiger partial charge >= 0.3 is 5.97 Å². The van der Waals surface area contributed by atoms with Gasteiger partial charge in [-0.2, -0.15) is 0 Å². The van der Waals surface area contributed by atoms with Crippen LogP contribution in [0.1, 0.15) is 46.8 Å². The highest BCUT2D eigenvalue weighted by Crippen LogP contribution is 2.23. The summed E-state index contributed by atoms with van der Waals surface area (Å²) in [5.41, 5.74) is 3.75. The molecule has 5 nitrogen and oxygen atoms in total. The van der Waals surface area contributed by atoms with Crippen molar-refractivity contribution in [2.75, 3.05) is 4.72 Å². The van der Waals surface area contributed by atoms with E-state index >= 15 is 0 Å². The number of aryl methyl sites for hydroxylation is 2. The highest BCUT2D eigenvalue weighted by Gasteiger charge is 2.16. The number of para-hydroxylation sites is 1. The fraction of sp³-hybridized carbons (Fsp3) is 0.208. The van der Waals surface area contributed by atoms with Gasteiger partial charge in [-0.15, -0.1) is 0 Å². The second-order valence-corrected chi connectivity index (χ2v) is 9.17. The maximum Gasteiger partial charge on any atom is 0.335 e. The number of hydrogen-bond donors (Lipinski definition) is 2. The zero-order valence-corrected chi connectivity index (χ0v) is 17.8. The summed E-state index contributed by atoms with van der Waals surface area (Å²) in [6.07, 6.45) is 1.29. The van der Waals surface area contributed by atoms with Gasteiger partial charge in [-0.25, -0.2) is 13.2 Å². The molecule has 0 heterocycles. The Hall–Kier alpha value is -3.12. The fourth-order valence-corrected chi connectivity index (χ4v) is 4.27. The molecule has 3 rings (SSSR count).